The summed E-state index contributed by atoms with van der Waals surface area (Å²) in [4.78, 5) is 14.3. The molecule has 1 aliphatic rings. The van der Waals surface area contributed by atoms with E-state index in [1.807, 2.05) is 31.7 Å². The van der Waals surface area contributed by atoms with Crippen molar-refractivity contribution in [2.24, 2.45) is 0 Å². The molecule has 1 aromatic rings. The van der Waals surface area contributed by atoms with Gasteiger partial charge in [0.15, 0.2) is 0 Å². The molecule has 28 heavy (non-hydrogen) atoms. The van der Waals surface area contributed by atoms with Crippen LogP contribution in [0, 0.1) is 13.8 Å². The number of aryl methyl sites for hydroxylation is 2. The van der Waals surface area contributed by atoms with E-state index in [1.165, 1.54) is 11.8 Å². The van der Waals surface area contributed by atoms with Gasteiger partial charge in [0.2, 0.25) is 15.9 Å². The van der Waals surface area contributed by atoms with Crippen molar-refractivity contribution in [3.63, 3.8) is 0 Å². The van der Waals surface area contributed by atoms with Gasteiger partial charge in [0.05, 0.1) is 12.9 Å². The topological polar surface area (TPSA) is 66.9 Å². The van der Waals surface area contributed by atoms with Gasteiger partial charge >= 0.3 is 0 Å². The molecule has 0 bridgehead atoms. The average molecular weight is 411 g/mol. The first kappa shape index (κ1) is 22.7. The molecule has 0 radical (unpaired) electrons. The zero-order valence-corrected chi connectivity index (χ0v) is 18.4. The summed E-state index contributed by atoms with van der Waals surface area (Å²) in [7, 11) is -3.19. The third-order valence-corrected chi connectivity index (χ3v) is 6.76. The molecule has 6 nitrogen and oxygen atoms in total. The van der Waals surface area contributed by atoms with Crippen molar-refractivity contribution < 1.29 is 17.9 Å². The molecule has 158 valence electrons. The Morgan fingerprint density at radius 2 is 1.89 bits per heavy atom. The van der Waals surface area contributed by atoms with E-state index in [2.05, 4.69) is 12.1 Å². The molecule has 1 amide bonds. The van der Waals surface area contributed by atoms with Crippen LogP contribution >= 0.6 is 0 Å². The van der Waals surface area contributed by atoms with Gasteiger partial charge in [-0.15, -0.1) is 0 Å². The van der Waals surface area contributed by atoms with Gasteiger partial charge in [-0.05, 0) is 56.7 Å². The number of sulfonamides is 1. The van der Waals surface area contributed by atoms with Crippen molar-refractivity contribution in [1.82, 2.24) is 9.21 Å². The number of hydrogen-bond donors (Lipinski definition) is 0. The van der Waals surface area contributed by atoms with Gasteiger partial charge in [0, 0.05) is 32.1 Å². The fraction of sp³-hybridized carbons (Fsp3) is 0.667. The van der Waals surface area contributed by atoms with Crippen molar-refractivity contribution in [3.05, 3.63) is 29.3 Å². The van der Waals surface area contributed by atoms with Crippen LogP contribution in [0.1, 0.15) is 50.2 Å². The molecule has 1 aromatic carbocycles. The zero-order chi connectivity index (χ0) is 20.7. The molecule has 0 saturated carbocycles. The molecule has 0 N–H and O–H groups in total. The molecule has 7 heteroatoms. The van der Waals surface area contributed by atoms with Crippen LogP contribution in [0.25, 0.3) is 0 Å². The van der Waals surface area contributed by atoms with Crippen LogP contribution in [0.4, 0.5) is 0 Å². The lowest BCUT2D eigenvalue weighted by Gasteiger charge is -2.37. The minimum atomic E-state index is -3.19. The van der Waals surface area contributed by atoms with E-state index in [1.54, 1.807) is 4.31 Å². The second-order valence-corrected chi connectivity index (χ2v) is 9.59. The summed E-state index contributed by atoms with van der Waals surface area (Å²) in [6.45, 7) is 8.30. The maximum atomic E-state index is 12.4. The standard InChI is InChI=1S/C21H34N2O4S/c1-5-23(28(4,25)26)19-11-13-22(14-12-19)21(24)8-6-7-15-27-20-16-17(2)9-10-18(20)3/h9-10,16,19H,5-8,11-15H2,1-4H3. The van der Waals surface area contributed by atoms with E-state index in [-0.39, 0.29) is 11.9 Å². The quantitative estimate of drug-likeness (QED) is 0.587. The van der Waals surface area contributed by atoms with Crippen LogP contribution in [0.2, 0.25) is 0 Å². The van der Waals surface area contributed by atoms with Gasteiger partial charge in [-0.25, -0.2) is 8.42 Å². The van der Waals surface area contributed by atoms with E-state index in [4.69, 9.17) is 4.74 Å². The predicted molar refractivity (Wildman–Crippen MR) is 112 cm³/mol. The Labute approximate surface area is 169 Å². The Bertz CT molecular complexity index is 756. The summed E-state index contributed by atoms with van der Waals surface area (Å²) in [5.41, 5.74) is 2.30. The van der Waals surface area contributed by atoms with E-state index in [9.17, 15) is 13.2 Å². The SMILES string of the molecule is CCN(C1CCN(C(=O)CCCCOc2cc(C)ccc2C)CC1)S(C)(=O)=O. The van der Waals surface area contributed by atoms with Gasteiger partial charge < -0.3 is 9.64 Å². The van der Waals surface area contributed by atoms with Crippen molar-refractivity contribution in [3.8, 4) is 5.75 Å². The van der Waals surface area contributed by atoms with Gasteiger partial charge in [-0.1, -0.05) is 19.1 Å². The summed E-state index contributed by atoms with van der Waals surface area (Å²) in [5, 5.41) is 0. The maximum Gasteiger partial charge on any atom is 0.222 e. The normalized spacial score (nSPS) is 15.8. The van der Waals surface area contributed by atoms with Crippen LogP contribution in [0.3, 0.4) is 0 Å². The highest BCUT2D eigenvalue weighted by Crippen LogP contribution is 2.21. The number of carbonyl (C=O) groups is 1. The maximum absolute atomic E-state index is 12.4. The molecular formula is C21H34N2O4S. The third kappa shape index (κ3) is 6.48. The van der Waals surface area contributed by atoms with Crippen molar-refractivity contribution in [1.29, 1.82) is 0 Å². The largest absolute Gasteiger partial charge is 0.493 e. The van der Waals surface area contributed by atoms with Crippen molar-refractivity contribution in [2.75, 3.05) is 32.5 Å². The molecule has 1 heterocycles. The lowest BCUT2D eigenvalue weighted by molar-refractivity contribution is -0.132. The number of piperidine rings is 1. The molecule has 0 aromatic heterocycles. The van der Waals surface area contributed by atoms with Gasteiger partial charge in [0.25, 0.3) is 0 Å². The number of likely N-dealkylation sites (tertiary alicyclic amines) is 1. The lowest BCUT2D eigenvalue weighted by Crippen LogP contribution is -2.48. The second kappa shape index (κ2) is 10.3. The van der Waals surface area contributed by atoms with E-state index >= 15 is 0 Å². The number of carbonyl (C=O) groups excluding carboxylic acids is 1. The van der Waals surface area contributed by atoms with Crippen molar-refractivity contribution in [2.45, 2.75) is 58.9 Å². The Morgan fingerprint density at radius 1 is 1.21 bits per heavy atom. The Hall–Kier alpha value is -1.60. The Morgan fingerprint density at radius 3 is 2.50 bits per heavy atom. The molecular weight excluding hydrogens is 376 g/mol. The van der Waals surface area contributed by atoms with Crippen LogP contribution < -0.4 is 4.74 Å². The second-order valence-electron chi connectivity index (χ2n) is 7.65. The summed E-state index contributed by atoms with van der Waals surface area (Å²) < 4.78 is 31.1. The summed E-state index contributed by atoms with van der Waals surface area (Å²) in [6.07, 6.45) is 4.84. The Balaban J connectivity index is 1.68. The van der Waals surface area contributed by atoms with Gasteiger partial charge in [-0.3, -0.25) is 4.79 Å². The van der Waals surface area contributed by atoms with Crippen LogP contribution in [0.15, 0.2) is 18.2 Å². The number of unbranched alkanes of at least 4 members (excludes halogenated alkanes) is 1. The highest BCUT2D eigenvalue weighted by Gasteiger charge is 2.30. The molecule has 0 unspecified atom stereocenters. The number of nitrogens with zero attached hydrogens (tertiary/aromatic N) is 2. The first-order chi connectivity index (χ1) is 13.2. The Kier molecular flexibility index (Phi) is 8.31. The number of benzene rings is 1. The fourth-order valence-corrected chi connectivity index (χ4v) is 4.97. The number of rotatable bonds is 9. The van der Waals surface area contributed by atoms with E-state index < -0.39 is 10.0 Å². The summed E-state index contributed by atoms with van der Waals surface area (Å²) in [6, 6.07) is 6.18. The van der Waals surface area contributed by atoms with Gasteiger partial charge in [0.1, 0.15) is 5.75 Å². The predicted octanol–water partition coefficient (Wildman–Crippen LogP) is 3.13. The number of hydrogen-bond acceptors (Lipinski definition) is 4. The molecule has 1 aliphatic heterocycles. The average Bonchev–Trinajstić information content (AvgIpc) is 2.64. The lowest BCUT2D eigenvalue weighted by atomic mass is 10.0. The molecule has 1 saturated heterocycles. The highest BCUT2D eigenvalue weighted by molar-refractivity contribution is 7.88. The van der Waals surface area contributed by atoms with E-state index in [0.29, 0.717) is 45.5 Å². The van der Waals surface area contributed by atoms with Crippen LogP contribution in [0.5, 0.6) is 5.75 Å². The molecule has 0 aliphatic carbocycles. The molecule has 0 spiro atoms. The zero-order valence-electron chi connectivity index (χ0n) is 17.6. The molecule has 2 rings (SSSR count). The van der Waals surface area contributed by atoms with Crippen molar-refractivity contribution >= 4 is 15.9 Å². The number of amides is 1. The molecule has 0 atom stereocenters. The first-order valence-corrected chi connectivity index (χ1v) is 12.0. The van der Waals surface area contributed by atoms with E-state index in [0.717, 1.165) is 24.2 Å². The minimum Gasteiger partial charge on any atom is -0.493 e. The van der Waals surface area contributed by atoms with Gasteiger partial charge in [-0.2, -0.15) is 4.31 Å². The number of ether oxygens (including phenoxy) is 1. The highest BCUT2D eigenvalue weighted by atomic mass is 32.2. The van der Waals surface area contributed by atoms with Crippen LogP contribution in [-0.4, -0.2) is 62.1 Å². The third-order valence-electron chi connectivity index (χ3n) is 5.35. The summed E-state index contributed by atoms with van der Waals surface area (Å²) in [5.74, 6) is 1.08. The molecule has 1 fully saturated rings. The fourth-order valence-electron chi connectivity index (χ4n) is 3.75. The van der Waals surface area contributed by atoms with Crippen LogP contribution in [-0.2, 0) is 14.8 Å². The first-order valence-electron chi connectivity index (χ1n) is 10.2. The summed E-state index contributed by atoms with van der Waals surface area (Å²) >= 11 is 0. The minimum absolute atomic E-state index is 0.00928. The smallest absolute Gasteiger partial charge is 0.222 e. The monoisotopic (exact) mass is 410 g/mol.